The van der Waals surface area contributed by atoms with Gasteiger partial charge in [-0.2, -0.15) is 4.98 Å². The first kappa shape index (κ1) is 14.6. The van der Waals surface area contributed by atoms with Gasteiger partial charge in [0.05, 0.1) is 21.3 Å². The van der Waals surface area contributed by atoms with Crippen LogP contribution in [-0.4, -0.2) is 38.1 Å². The van der Waals surface area contributed by atoms with E-state index in [1.807, 2.05) is 0 Å². The van der Waals surface area contributed by atoms with E-state index in [2.05, 4.69) is 10.1 Å². The number of hydrogen-bond donors (Lipinski definition) is 0. The molecule has 22 heavy (non-hydrogen) atoms. The van der Waals surface area contributed by atoms with Gasteiger partial charge in [0.1, 0.15) is 6.10 Å². The summed E-state index contributed by atoms with van der Waals surface area (Å²) in [5.41, 5.74) is 0.725. The molecule has 2 heterocycles. The topological polar surface area (TPSA) is 75.8 Å². The SMILES string of the molecule is COc1cc(-c2noc([C@H]3CCCO3)n2)cc(OC)c1OC. The molecule has 0 N–H and O–H groups in total. The molecule has 1 aromatic heterocycles. The Balaban J connectivity index is 1.97. The highest BCUT2D eigenvalue weighted by Gasteiger charge is 2.25. The second-order valence-corrected chi connectivity index (χ2v) is 4.87. The minimum absolute atomic E-state index is 0.108. The average Bonchev–Trinajstić information content (AvgIpc) is 3.23. The molecule has 0 unspecified atom stereocenters. The third kappa shape index (κ3) is 2.59. The van der Waals surface area contributed by atoms with Crippen molar-refractivity contribution >= 4 is 0 Å². The zero-order chi connectivity index (χ0) is 15.5. The minimum atomic E-state index is -0.108. The van der Waals surface area contributed by atoms with Gasteiger partial charge in [-0.1, -0.05) is 5.16 Å². The fourth-order valence-electron chi connectivity index (χ4n) is 2.47. The molecule has 0 radical (unpaired) electrons. The molecule has 1 saturated heterocycles. The second-order valence-electron chi connectivity index (χ2n) is 4.87. The minimum Gasteiger partial charge on any atom is -0.493 e. The molecule has 1 aromatic carbocycles. The van der Waals surface area contributed by atoms with E-state index in [0.29, 0.717) is 29.0 Å². The van der Waals surface area contributed by atoms with Crippen molar-refractivity contribution in [3.63, 3.8) is 0 Å². The predicted molar refractivity (Wildman–Crippen MR) is 77.3 cm³/mol. The standard InChI is InChI=1S/C15H18N2O5/c1-18-11-7-9(8-12(19-2)13(11)20-3)14-16-15(22-17-14)10-5-4-6-21-10/h7-8,10H,4-6H2,1-3H3/t10-/m1/s1. The summed E-state index contributed by atoms with van der Waals surface area (Å²) in [7, 11) is 4.69. The van der Waals surface area contributed by atoms with Crippen molar-refractivity contribution in [3.8, 4) is 28.6 Å². The molecule has 1 fully saturated rings. The summed E-state index contributed by atoms with van der Waals surface area (Å²) in [4.78, 5) is 4.41. The zero-order valence-corrected chi connectivity index (χ0v) is 12.8. The van der Waals surface area contributed by atoms with Crippen molar-refractivity contribution in [1.82, 2.24) is 10.1 Å². The van der Waals surface area contributed by atoms with Gasteiger partial charge in [0.25, 0.3) is 5.89 Å². The Hall–Kier alpha value is -2.28. The molecular weight excluding hydrogens is 288 g/mol. The Morgan fingerprint density at radius 2 is 1.82 bits per heavy atom. The maximum atomic E-state index is 5.55. The Morgan fingerprint density at radius 1 is 1.09 bits per heavy atom. The van der Waals surface area contributed by atoms with Crippen LogP contribution < -0.4 is 14.2 Å². The molecule has 7 nitrogen and oxygen atoms in total. The normalized spacial score (nSPS) is 17.5. The molecule has 0 saturated carbocycles. The fourth-order valence-corrected chi connectivity index (χ4v) is 2.47. The van der Waals surface area contributed by atoms with E-state index in [9.17, 15) is 0 Å². The quantitative estimate of drug-likeness (QED) is 0.840. The lowest BCUT2D eigenvalue weighted by Gasteiger charge is -2.12. The summed E-state index contributed by atoms with van der Waals surface area (Å²) in [5, 5.41) is 4.02. The van der Waals surface area contributed by atoms with E-state index in [4.69, 9.17) is 23.5 Å². The van der Waals surface area contributed by atoms with Crippen molar-refractivity contribution in [1.29, 1.82) is 0 Å². The van der Waals surface area contributed by atoms with Gasteiger partial charge in [-0.15, -0.1) is 0 Å². The predicted octanol–water partition coefficient (Wildman–Crippen LogP) is 2.61. The summed E-state index contributed by atoms with van der Waals surface area (Å²) in [6.45, 7) is 0.729. The van der Waals surface area contributed by atoms with Gasteiger partial charge in [0, 0.05) is 12.2 Å². The highest BCUT2D eigenvalue weighted by Crippen LogP contribution is 2.40. The van der Waals surface area contributed by atoms with Crippen molar-refractivity contribution in [2.45, 2.75) is 18.9 Å². The van der Waals surface area contributed by atoms with Crippen molar-refractivity contribution in [3.05, 3.63) is 18.0 Å². The first-order valence-corrected chi connectivity index (χ1v) is 7.02. The Morgan fingerprint density at radius 3 is 2.36 bits per heavy atom. The monoisotopic (exact) mass is 306 g/mol. The first-order valence-electron chi connectivity index (χ1n) is 7.02. The highest BCUT2D eigenvalue weighted by molar-refractivity contribution is 5.66. The Bertz CT molecular complexity index is 624. The van der Waals surface area contributed by atoms with Gasteiger partial charge < -0.3 is 23.5 Å². The number of benzene rings is 1. The van der Waals surface area contributed by atoms with Crippen LogP contribution >= 0.6 is 0 Å². The second kappa shape index (κ2) is 6.23. The molecular formula is C15H18N2O5. The lowest BCUT2D eigenvalue weighted by atomic mass is 10.1. The molecule has 0 spiro atoms. The maximum Gasteiger partial charge on any atom is 0.256 e. The Kier molecular flexibility index (Phi) is 4.15. The molecule has 0 amide bonds. The largest absolute Gasteiger partial charge is 0.493 e. The van der Waals surface area contributed by atoms with E-state index in [1.165, 1.54) is 0 Å². The maximum absolute atomic E-state index is 5.55. The lowest BCUT2D eigenvalue weighted by molar-refractivity contribution is 0.0835. The average molecular weight is 306 g/mol. The molecule has 0 aliphatic carbocycles. The van der Waals surface area contributed by atoms with Gasteiger partial charge in [0.2, 0.25) is 11.6 Å². The van der Waals surface area contributed by atoms with Crippen molar-refractivity contribution in [2.75, 3.05) is 27.9 Å². The summed E-state index contributed by atoms with van der Waals surface area (Å²) >= 11 is 0. The van der Waals surface area contributed by atoms with Gasteiger partial charge in [0.15, 0.2) is 11.5 Å². The highest BCUT2D eigenvalue weighted by atomic mass is 16.5. The van der Waals surface area contributed by atoms with Crippen LogP contribution in [0.2, 0.25) is 0 Å². The molecule has 1 aliphatic rings. The number of ether oxygens (including phenoxy) is 4. The molecule has 0 bridgehead atoms. The molecule has 118 valence electrons. The number of methoxy groups -OCH3 is 3. The van der Waals surface area contributed by atoms with E-state index in [0.717, 1.165) is 25.0 Å². The summed E-state index contributed by atoms with van der Waals surface area (Å²) in [5.74, 6) is 2.57. The fraction of sp³-hybridized carbons (Fsp3) is 0.467. The van der Waals surface area contributed by atoms with Crippen LogP contribution in [0, 0.1) is 0 Å². The van der Waals surface area contributed by atoms with Gasteiger partial charge in [-0.05, 0) is 25.0 Å². The van der Waals surface area contributed by atoms with E-state index in [-0.39, 0.29) is 6.10 Å². The third-order valence-electron chi connectivity index (χ3n) is 3.57. The van der Waals surface area contributed by atoms with Crippen molar-refractivity contribution in [2.24, 2.45) is 0 Å². The van der Waals surface area contributed by atoms with Crippen LogP contribution in [0.1, 0.15) is 24.8 Å². The Labute approximate surface area is 128 Å². The molecule has 1 atom stereocenters. The number of rotatable bonds is 5. The molecule has 1 aliphatic heterocycles. The zero-order valence-electron chi connectivity index (χ0n) is 12.8. The van der Waals surface area contributed by atoms with Gasteiger partial charge in [-0.3, -0.25) is 0 Å². The van der Waals surface area contributed by atoms with Gasteiger partial charge in [-0.25, -0.2) is 0 Å². The smallest absolute Gasteiger partial charge is 0.256 e. The van der Waals surface area contributed by atoms with Crippen LogP contribution in [-0.2, 0) is 4.74 Å². The van der Waals surface area contributed by atoms with E-state index in [1.54, 1.807) is 33.5 Å². The molecule has 2 aromatic rings. The first-order chi connectivity index (χ1) is 10.8. The molecule has 3 rings (SSSR count). The van der Waals surface area contributed by atoms with Crippen LogP contribution in [0.15, 0.2) is 16.7 Å². The molecule has 7 heteroatoms. The van der Waals surface area contributed by atoms with Crippen LogP contribution in [0.3, 0.4) is 0 Å². The summed E-state index contributed by atoms with van der Waals surface area (Å²) in [6, 6.07) is 3.57. The van der Waals surface area contributed by atoms with Crippen LogP contribution in [0.4, 0.5) is 0 Å². The number of nitrogens with zero attached hydrogens (tertiary/aromatic N) is 2. The summed E-state index contributed by atoms with van der Waals surface area (Å²) < 4.78 is 26.8. The lowest BCUT2D eigenvalue weighted by Crippen LogP contribution is -1.97. The number of aromatic nitrogens is 2. The summed E-state index contributed by atoms with van der Waals surface area (Å²) in [6.07, 6.45) is 1.80. The van der Waals surface area contributed by atoms with E-state index >= 15 is 0 Å². The van der Waals surface area contributed by atoms with Gasteiger partial charge >= 0.3 is 0 Å². The van der Waals surface area contributed by atoms with Crippen LogP contribution in [0.25, 0.3) is 11.4 Å². The third-order valence-corrected chi connectivity index (χ3v) is 3.57. The van der Waals surface area contributed by atoms with Crippen molar-refractivity contribution < 1.29 is 23.5 Å². The van der Waals surface area contributed by atoms with Crippen LogP contribution in [0.5, 0.6) is 17.2 Å². The van der Waals surface area contributed by atoms with E-state index < -0.39 is 0 Å². The number of hydrogen-bond acceptors (Lipinski definition) is 7.